The first-order valence-corrected chi connectivity index (χ1v) is 8.30. The summed E-state index contributed by atoms with van der Waals surface area (Å²) in [5, 5.41) is 6.34. The monoisotopic (exact) mass is 304 g/mol. The molecule has 1 amide bonds. The molecule has 4 nitrogen and oxygen atoms in total. The Morgan fingerprint density at radius 3 is 2.73 bits per heavy atom. The molecule has 1 aromatic rings. The van der Waals surface area contributed by atoms with E-state index in [1.165, 1.54) is 5.56 Å². The number of piperidine rings is 1. The molecular formula is C18H28N2O2. The minimum Gasteiger partial charge on any atom is -0.492 e. The zero-order valence-electron chi connectivity index (χ0n) is 13.9. The van der Waals surface area contributed by atoms with Gasteiger partial charge in [-0.1, -0.05) is 26.0 Å². The van der Waals surface area contributed by atoms with Gasteiger partial charge in [-0.25, -0.2) is 0 Å². The number of hydrogen-bond donors (Lipinski definition) is 2. The maximum atomic E-state index is 12.1. The van der Waals surface area contributed by atoms with Crippen molar-refractivity contribution in [1.29, 1.82) is 0 Å². The van der Waals surface area contributed by atoms with Crippen LogP contribution < -0.4 is 15.4 Å². The van der Waals surface area contributed by atoms with Crippen LogP contribution in [0.1, 0.15) is 45.1 Å². The van der Waals surface area contributed by atoms with Crippen LogP contribution in [0.3, 0.4) is 0 Å². The fourth-order valence-electron chi connectivity index (χ4n) is 2.81. The lowest BCUT2D eigenvalue weighted by atomic mass is 9.92. The van der Waals surface area contributed by atoms with Crippen LogP contribution in [0.2, 0.25) is 0 Å². The Hall–Kier alpha value is -1.55. The lowest BCUT2D eigenvalue weighted by Gasteiger charge is -2.27. The van der Waals surface area contributed by atoms with Gasteiger partial charge in [-0.05, 0) is 49.9 Å². The first-order chi connectivity index (χ1) is 10.6. The van der Waals surface area contributed by atoms with Gasteiger partial charge in [0.05, 0.1) is 6.54 Å². The van der Waals surface area contributed by atoms with Crippen LogP contribution in [-0.2, 0) is 4.79 Å². The SMILES string of the molecule is CC(C)c1ccc(OCCNC(=O)[C@H]2CCN[C@@H](C)C2)cc1. The first kappa shape index (κ1) is 16.8. The molecule has 0 unspecified atom stereocenters. The van der Waals surface area contributed by atoms with Crippen molar-refractivity contribution in [1.82, 2.24) is 10.6 Å². The van der Waals surface area contributed by atoms with Gasteiger partial charge in [0, 0.05) is 12.0 Å². The molecule has 2 atom stereocenters. The van der Waals surface area contributed by atoms with Crippen molar-refractivity contribution in [3.8, 4) is 5.75 Å². The number of ether oxygens (including phenoxy) is 1. The van der Waals surface area contributed by atoms with E-state index in [-0.39, 0.29) is 11.8 Å². The topological polar surface area (TPSA) is 50.4 Å². The van der Waals surface area contributed by atoms with Crippen LogP contribution in [-0.4, -0.2) is 31.6 Å². The van der Waals surface area contributed by atoms with Gasteiger partial charge in [-0.2, -0.15) is 0 Å². The summed E-state index contributed by atoms with van der Waals surface area (Å²) in [4.78, 5) is 12.1. The van der Waals surface area contributed by atoms with Crippen LogP contribution in [0.4, 0.5) is 0 Å². The van der Waals surface area contributed by atoms with E-state index in [1.807, 2.05) is 12.1 Å². The Bertz CT molecular complexity index is 470. The molecule has 1 aliphatic rings. The Morgan fingerprint density at radius 2 is 2.09 bits per heavy atom. The highest BCUT2D eigenvalue weighted by molar-refractivity contribution is 5.78. The number of carbonyl (C=O) groups is 1. The van der Waals surface area contributed by atoms with Crippen LogP contribution in [0.25, 0.3) is 0 Å². The molecule has 0 aliphatic carbocycles. The maximum absolute atomic E-state index is 12.1. The van der Waals surface area contributed by atoms with Gasteiger partial charge in [0.25, 0.3) is 0 Å². The van der Waals surface area contributed by atoms with E-state index in [9.17, 15) is 4.79 Å². The molecule has 1 saturated heterocycles. The highest BCUT2D eigenvalue weighted by Crippen LogP contribution is 2.18. The van der Waals surface area contributed by atoms with Gasteiger partial charge >= 0.3 is 0 Å². The van der Waals surface area contributed by atoms with E-state index in [0.717, 1.165) is 25.1 Å². The molecule has 1 heterocycles. The Balaban J connectivity index is 1.67. The summed E-state index contributed by atoms with van der Waals surface area (Å²) in [7, 11) is 0. The molecule has 2 N–H and O–H groups in total. The van der Waals surface area contributed by atoms with E-state index in [2.05, 4.69) is 43.5 Å². The fraction of sp³-hybridized carbons (Fsp3) is 0.611. The molecule has 1 fully saturated rings. The maximum Gasteiger partial charge on any atom is 0.223 e. The van der Waals surface area contributed by atoms with Crippen LogP contribution in [0, 0.1) is 5.92 Å². The predicted molar refractivity (Wildman–Crippen MR) is 89.2 cm³/mol. The van der Waals surface area contributed by atoms with E-state index < -0.39 is 0 Å². The number of nitrogens with one attached hydrogen (secondary N) is 2. The van der Waals surface area contributed by atoms with Crippen molar-refractivity contribution >= 4 is 5.91 Å². The normalized spacial score (nSPS) is 21.6. The standard InChI is InChI=1S/C18H28N2O2/c1-13(2)15-4-6-17(7-5-15)22-11-10-20-18(21)16-8-9-19-14(3)12-16/h4-7,13-14,16,19H,8-12H2,1-3H3,(H,20,21)/t14-,16-/m0/s1. The average Bonchev–Trinajstić information content (AvgIpc) is 2.51. The molecule has 2 rings (SSSR count). The third-order valence-corrected chi connectivity index (χ3v) is 4.21. The van der Waals surface area contributed by atoms with Crippen LogP contribution in [0.5, 0.6) is 5.75 Å². The highest BCUT2D eigenvalue weighted by Gasteiger charge is 2.24. The number of rotatable bonds is 6. The summed E-state index contributed by atoms with van der Waals surface area (Å²) >= 11 is 0. The van der Waals surface area contributed by atoms with Crippen LogP contribution >= 0.6 is 0 Å². The molecule has 0 bridgehead atoms. The summed E-state index contributed by atoms with van der Waals surface area (Å²) in [6.45, 7) is 8.47. The van der Waals surface area contributed by atoms with Gasteiger partial charge in [0.2, 0.25) is 5.91 Å². The molecular weight excluding hydrogens is 276 g/mol. The summed E-state index contributed by atoms with van der Waals surface area (Å²) < 4.78 is 5.67. The van der Waals surface area contributed by atoms with E-state index in [1.54, 1.807) is 0 Å². The molecule has 0 saturated carbocycles. The van der Waals surface area contributed by atoms with E-state index >= 15 is 0 Å². The summed E-state index contributed by atoms with van der Waals surface area (Å²) in [6, 6.07) is 8.60. The third kappa shape index (κ3) is 5.02. The van der Waals surface area contributed by atoms with Crippen LogP contribution in [0.15, 0.2) is 24.3 Å². The summed E-state index contributed by atoms with van der Waals surface area (Å²) in [5.74, 6) is 1.68. The largest absolute Gasteiger partial charge is 0.492 e. The molecule has 22 heavy (non-hydrogen) atoms. The van der Waals surface area contributed by atoms with Crippen molar-refractivity contribution < 1.29 is 9.53 Å². The van der Waals surface area contributed by atoms with E-state index in [4.69, 9.17) is 4.74 Å². The Labute approximate surface area is 133 Å². The number of amides is 1. The highest BCUT2D eigenvalue weighted by atomic mass is 16.5. The molecule has 1 aromatic carbocycles. The quantitative estimate of drug-likeness (QED) is 0.795. The minimum absolute atomic E-state index is 0.140. The average molecular weight is 304 g/mol. The molecule has 0 radical (unpaired) electrons. The van der Waals surface area contributed by atoms with Crippen molar-refractivity contribution in [2.75, 3.05) is 19.7 Å². The van der Waals surface area contributed by atoms with Gasteiger partial charge < -0.3 is 15.4 Å². The second-order valence-corrected chi connectivity index (χ2v) is 6.44. The fourth-order valence-corrected chi connectivity index (χ4v) is 2.81. The molecule has 0 spiro atoms. The van der Waals surface area contributed by atoms with Crippen molar-refractivity contribution in [2.45, 2.75) is 45.6 Å². The minimum atomic E-state index is 0.140. The van der Waals surface area contributed by atoms with Gasteiger partial charge in [0.15, 0.2) is 0 Å². The number of hydrogen-bond acceptors (Lipinski definition) is 3. The number of carbonyl (C=O) groups excluding carboxylic acids is 1. The van der Waals surface area contributed by atoms with Crippen molar-refractivity contribution in [3.63, 3.8) is 0 Å². The Morgan fingerprint density at radius 1 is 1.36 bits per heavy atom. The first-order valence-electron chi connectivity index (χ1n) is 8.30. The second-order valence-electron chi connectivity index (χ2n) is 6.44. The lowest BCUT2D eigenvalue weighted by Crippen LogP contribution is -2.43. The summed E-state index contributed by atoms with van der Waals surface area (Å²) in [5.41, 5.74) is 1.31. The molecule has 4 heteroatoms. The van der Waals surface area contributed by atoms with Crippen molar-refractivity contribution in [2.24, 2.45) is 5.92 Å². The lowest BCUT2D eigenvalue weighted by molar-refractivity contribution is -0.126. The van der Waals surface area contributed by atoms with E-state index in [0.29, 0.717) is 25.1 Å². The third-order valence-electron chi connectivity index (χ3n) is 4.21. The molecule has 122 valence electrons. The van der Waals surface area contributed by atoms with Crippen molar-refractivity contribution in [3.05, 3.63) is 29.8 Å². The van der Waals surface area contributed by atoms with Gasteiger partial charge in [-0.3, -0.25) is 4.79 Å². The van der Waals surface area contributed by atoms with Gasteiger partial charge in [-0.15, -0.1) is 0 Å². The molecule has 0 aromatic heterocycles. The second kappa shape index (κ2) is 8.18. The predicted octanol–water partition coefficient (Wildman–Crippen LogP) is 2.69. The van der Waals surface area contributed by atoms with Gasteiger partial charge in [0.1, 0.15) is 12.4 Å². The number of benzene rings is 1. The Kier molecular flexibility index (Phi) is 6.25. The molecule has 1 aliphatic heterocycles. The smallest absolute Gasteiger partial charge is 0.223 e. The summed E-state index contributed by atoms with van der Waals surface area (Å²) in [6.07, 6.45) is 1.84. The zero-order valence-corrected chi connectivity index (χ0v) is 13.9. The zero-order chi connectivity index (χ0) is 15.9.